The summed E-state index contributed by atoms with van der Waals surface area (Å²) in [6, 6.07) is 0.399. The van der Waals surface area contributed by atoms with Gasteiger partial charge >= 0.3 is 0 Å². The van der Waals surface area contributed by atoms with Gasteiger partial charge in [-0.15, -0.1) is 24.8 Å². The van der Waals surface area contributed by atoms with Gasteiger partial charge in [-0.3, -0.25) is 4.79 Å². The zero-order valence-electron chi connectivity index (χ0n) is 14.2. The predicted molar refractivity (Wildman–Crippen MR) is 97.2 cm³/mol. The molecule has 1 heterocycles. The molecule has 1 aliphatic heterocycles. The Kier molecular flexibility index (Phi) is 9.95. The number of nitrogens with one attached hydrogen (secondary N) is 2. The number of hydrogen-bond donors (Lipinski definition) is 2. The van der Waals surface area contributed by atoms with Crippen molar-refractivity contribution in [3.05, 3.63) is 0 Å². The van der Waals surface area contributed by atoms with Crippen molar-refractivity contribution in [1.29, 1.82) is 0 Å². The van der Waals surface area contributed by atoms with Gasteiger partial charge in [-0.05, 0) is 52.2 Å². The van der Waals surface area contributed by atoms with E-state index < -0.39 is 0 Å². The molecular formula is C16H33Cl2N3O. The number of hydrogen-bond acceptors (Lipinski definition) is 3. The van der Waals surface area contributed by atoms with Crippen molar-refractivity contribution in [3.63, 3.8) is 0 Å². The Bertz CT molecular complexity index is 335. The minimum atomic E-state index is 0. The fraction of sp³-hybridized carbons (Fsp3) is 0.938. The van der Waals surface area contributed by atoms with Crippen molar-refractivity contribution in [3.8, 4) is 0 Å². The van der Waals surface area contributed by atoms with Crippen LogP contribution in [-0.4, -0.2) is 49.6 Å². The number of nitrogens with zero attached hydrogens (tertiary/aromatic N) is 1. The summed E-state index contributed by atoms with van der Waals surface area (Å²) < 4.78 is 0. The van der Waals surface area contributed by atoms with Crippen molar-refractivity contribution in [1.82, 2.24) is 15.5 Å². The molecule has 2 aliphatic rings. The van der Waals surface area contributed by atoms with E-state index in [4.69, 9.17) is 0 Å². The van der Waals surface area contributed by atoms with E-state index in [2.05, 4.69) is 36.6 Å². The van der Waals surface area contributed by atoms with Crippen LogP contribution in [0.2, 0.25) is 0 Å². The summed E-state index contributed by atoms with van der Waals surface area (Å²) in [5.74, 6) is 0.975. The molecule has 0 bridgehead atoms. The summed E-state index contributed by atoms with van der Waals surface area (Å²) in [5, 5.41) is 6.59. The van der Waals surface area contributed by atoms with E-state index >= 15 is 0 Å². The molecule has 2 N–H and O–H groups in total. The first-order valence-corrected chi connectivity index (χ1v) is 8.19. The zero-order chi connectivity index (χ0) is 14.6. The Hall–Kier alpha value is -0.0300. The van der Waals surface area contributed by atoms with Crippen molar-refractivity contribution in [2.24, 2.45) is 5.92 Å². The van der Waals surface area contributed by atoms with Crippen LogP contribution in [0.3, 0.4) is 0 Å². The minimum absolute atomic E-state index is 0. The largest absolute Gasteiger partial charge is 0.354 e. The number of halogens is 2. The fourth-order valence-electron chi connectivity index (χ4n) is 3.85. The van der Waals surface area contributed by atoms with Gasteiger partial charge < -0.3 is 15.5 Å². The Balaban J connectivity index is 0.00000220. The average molecular weight is 354 g/mol. The van der Waals surface area contributed by atoms with Gasteiger partial charge in [0.2, 0.25) is 5.91 Å². The maximum absolute atomic E-state index is 12.1. The molecule has 22 heavy (non-hydrogen) atoms. The molecular weight excluding hydrogens is 321 g/mol. The molecule has 2 rings (SSSR count). The van der Waals surface area contributed by atoms with Crippen LogP contribution in [0.15, 0.2) is 0 Å². The first kappa shape index (κ1) is 22.0. The highest BCUT2D eigenvalue weighted by molar-refractivity contribution is 5.85. The molecule has 0 spiro atoms. The van der Waals surface area contributed by atoms with Gasteiger partial charge in [0.25, 0.3) is 0 Å². The summed E-state index contributed by atoms with van der Waals surface area (Å²) in [6.45, 7) is 4.20. The third-order valence-electron chi connectivity index (χ3n) is 5.22. The lowest BCUT2D eigenvalue weighted by atomic mass is 9.75. The first-order valence-electron chi connectivity index (χ1n) is 8.19. The van der Waals surface area contributed by atoms with Gasteiger partial charge in [-0.2, -0.15) is 0 Å². The van der Waals surface area contributed by atoms with Gasteiger partial charge in [-0.1, -0.05) is 19.8 Å². The van der Waals surface area contributed by atoms with E-state index in [1.807, 2.05) is 0 Å². The van der Waals surface area contributed by atoms with E-state index in [-0.39, 0.29) is 36.3 Å². The highest BCUT2D eigenvalue weighted by atomic mass is 35.5. The number of carbonyl (C=O) groups is 1. The predicted octanol–water partition coefficient (Wildman–Crippen LogP) is 2.60. The molecule has 2 fully saturated rings. The van der Waals surface area contributed by atoms with E-state index in [0.29, 0.717) is 12.5 Å². The second-order valence-corrected chi connectivity index (χ2v) is 7.09. The smallest absolute Gasteiger partial charge is 0.221 e. The van der Waals surface area contributed by atoms with E-state index in [1.165, 1.54) is 32.1 Å². The molecule has 132 valence electrons. The average Bonchev–Trinajstić information content (AvgIpc) is 2.89. The number of likely N-dealkylation sites (N-methyl/N-ethyl adjacent to an activating group) is 1. The molecule has 1 aliphatic carbocycles. The maximum atomic E-state index is 12.1. The Labute approximate surface area is 148 Å². The number of carbonyl (C=O) groups excluding carboxylic acids is 1. The van der Waals surface area contributed by atoms with E-state index in [0.717, 1.165) is 25.4 Å². The van der Waals surface area contributed by atoms with Crippen molar-refractivity contribution < 1.29 is 4.79 Å². The standard InChI is InChI=1S/C16H31N3O.2ClH/c1-13-6-4-8-16(11-13,19(2)3)12-18-15(20)10-14-7-5-9-17-14;;/h13-14,17H,4-12H2,1-3H3,(H,18,20);2*1H. The molecule has 0 aromatic rings. The summed E-state index contributed by atoms with van der Waals surface area (Å²) in [7, 11) is 4.31. The van der Waals surface area contributed by atoms with Crippen LogP contribution in [0, 0.1) is 5.92 Å². The lowest BCUT2D eigenvalue weighted by Gasteiger charge is -2.45. The molecule has 3 atom stereocenters. The van der Waals surface area contributed by atoms with Gasteiger partial charge in [-0.25, -0.2) is 0 Å². The minimum Gasteiger partial charge on any atom is -0.354 e. The fourth-order valence-corrected chi connectivity index (χ4v) is 3.85. The molecule has 0 radical (unpaired) electrons. The van der Waals surface area contributed by atoms with Crippen LogP contribution >= 0.6 is 24.8 Å². The maximum Gasteiger partial charge on any atom is 0.221 e. The number of amides is 1. The molecule has 3 unspecified atom stereocenters. The quantitative estimate of drug-likeness (QED) is 0.798. The Morgan fingerprint density at radius 2 is 2.00 bits per heavy atom. The molecule has 0 aromatic carbocycles. The zero-order valence-corrected chi connectivity index (χ0v) is 15.8. The summed E-state index contributed by atoms with van der Waals surface area (Å²) in [5.41, 5.74) is 0.163. The third-order valence-corrected chi connectivity index (χ3v) is 5.22. The van der Waals surface area contributed by atoms with Crippen LogP contribution in [0.5, 0.6) is 0 Å². The van der Waals surface area contributed by atoms with Crippen LogP contribution in [0.25, 0.3) is 0 Å². The van der Waals surface area contributed by atoms with Crippen LogP contribution in [0.4, 0.5) is 0 Å². The molecule has 0 aromatic heterocycles. The topological polar surface area (TPSA) is 44.4 Å². The number of rotatable bonds is 5. The molecule has 4 nitrogen and oxygen atoms in total. The monoisotopic (exact) mass is 353 g/mol. The van der Waals surface area contributed by atoms with E-state index in [1.54, 1.807) is 0 Å². The normalized spacial score (nSPS) is 31.3. The van der Waals surface area contributed by atoms with Crippen molar-refractivity contribution >= 4 is 30.7 Å². The highest BCUT2D eigenvalue weighted by Gasteiger charge is 2.37. The highest BCUT2D eigenvalue weighted by Crippen LogP contribution is 2.35. The van der Waals surface area contributed by atoms with Crippen LogP contribution < -0.4 is 10.6 Å². The summed E-state index contributed by atoms with van der Waals surface area (Å²) in [4.78, 5) is 14.4. The van der Waals surface area contributed by atoms with Gasteiger partial charge in [0.15, 0.2) is 0 Å². The molecule has 1 saturated heterocycles. The summed E-state index contributed by atoms with van der Waals surface area (Å²) in [6.07, 6.45) is 7.99. The Morgan fingerprint density at radius 3 is 2.55 bits per heavy atom. The second-order valence-electron chi connectivity index (χ2n) is 7.09. The lowest BCUT2D eigenvalue weighted by molar-refractivity contribution is -0.122. The third kappa shape index (κ3) is 5.88. The van der Waals surface area contributed by atoms with Gasteiger partial charge in [0.1, 0.15) is 0 Å². The molecule has 6 heteroatoms. The Morgan fingerprint density at radius 1 is 1.27 bits per heavy atom. The van der Waals surface area contributed by atoms with E-state index in [9.17, 15) is 4.79 Å². The van der Waals surface area contributed by atoms with Crippen molar-refractivity contribution in [2.75, 3.05) is 27.2 Å². The first-order chi connectivity index (χ1) is 9.52. The summed E-state index contributed by atoms with van der Waals surface area (Å²) >= 11 is 0. The van der Waals surface area contributed by atoms with Crippen LogP contribution in [0.1, 0.15) is 51.9 Å². The van der Waals surface area contributed by atoms with Gasteiger partial charge in [0, 0.05) is 24.5 Å². The SMILES string of the molecule is CC1CCCC(CNC(=O)CC2CCCN2)(N(C)C)C1.Cl.Cl. The lowest BCUT2D eigenvalue weighted by Crippen LogP contribution is -2.55. The molecule has 1 saturated carbocycles. The molecule has 1 amide bonds. The van der Waals surface area contributed by atoms with Crippen molar-refractivity contribution in [2.45, 2.75) is 63.5 Å². The van der Waals surface area contributed by atoms with Gasteiger partial charge in [0.05, 0.1) is 0 Å². The van der Waals surface area contributed by atoms with Crippen LogP contribution in [-0.2, 0) is 4.79 Å². The second kappa shape index (κ2) is 9.96.